The second kappa shape index (κ2) is 4.39. The highest BCUT2D eigenvalue weighted by molar-refractivity contribution is 5.16. The summed E-state index contributed by atoms with van der Waals surface area (Å²) < 4.78 is 42.6. The predicted octanol–water partition coefficient (Wildman–Crippen LogP) is 1.76. The molecule has 1 aliphatic heterocycles. The molecule has 1 atom stereocenters. The molecule has 0 saturated carbocycles. The van der Waals surface area contributed by atoms with Gasteiger partial charge in [-0.15, -0.1) is 0 Å². The molecule has 0 spiro atoms. The zero-order valence-corrected chi connectivity index (χ0v) is 8.42. The number of pyridine rings is 1. The van der Waals surface area contributed by atoms with E-state index in [9.17, 15) is 13.2 Å². The van der Waals surface area contributed by atoms with Crippen LogP contribution in [-0.4, -0.2) is 24.7 Å². The number of rotatable bonds is 1. The zero-order valence-electron chi connectivity index (χ0n) is 8.42. The Bertz CT molecular complexity index is 361. The molecule has 1 aromatic heterocycles. The van der Waals surface area contributed by atoms with Gasteiger partial charge in [-0.2, -0.15) is 13.2 Å². The molecule has 2 heterocycles. The number of hydrogen-bond donors (Lipinski definition) is 1. The van der Waals surface area contributed by atoms with Gasteiger partial charge in [-0.3, -0.25) is 0 Å². The Morgan fingerprint density at radius 2 is 2.19 bits per heavy atom. The van der Waals surface area contributed by atoms with E-state index >= 15 is 0 Å². The second-order valence-electron chi connectivity index (χ2n) is 3.51. The Hall–Kier alpha value is -1.14. The van der Waals surface area contributed by atoms with Gasteiger partial charge in [0.2, 0.25) is 0 Å². The fourth-order valence-electron chi connectivity index (χ4n) is 1.54. The van der Waals surface area contributed by atoms with Crippen LogP contribution in [0.4, 0.5) is 13.2 Å². The average molecular weight is 232 g/mol. The number of morpholine rings is 1. The first-order chi connectivity index (χ1) is 7.57. The van der Waals surface area contributed by atoms with E-state index in [0.717, 1.165) is 12.6 Å². The Balaban J connectivity index is 2.21. The van der Waals surface area contributed by atoms with Gasteiger partial charge >= 0.3 is 6.18 Å². The van der Waals surface area contributed by atoms with Gasteiger partial charge in [-0.1, -0.05) is 6.07 Å². The summed E-state index contributed by atoms with van der Waals surface area (Å²) in [5, 5.41) is 3.05. The van der Waals surface area contributed by atoms with Crippen LogP contribution in [-0.2, 0) is 10.9 Å². The highest BCUT2D eigenvalue weighted by Gasteiger charge is 2.33. The van der Waals surface area contributed by atoms with E-state index in [-0.39, 0.29) is 0 Å². The minimum Gasteiger partial charge on any atom is -0.369 e. The van der Waals surface area contributed by atoms with E-state index in [1.54, 1.807) is 6.07 Å². The van der Waals surface area contributed by atoms with E-state index in [2.05, 4.69) is 10.3 Å². The maximum atomic E-state index is 12.4. The third-order valence-corrected chi connectivity index (χ3v) is 2.32. The van der Waals surface area contributed by atoms with Crippen molar-refractivity contribution in [3.05, 3.63) is 29.6 Å². The topological polar surface area (TPSA) is 34.1 Å². The molecular weight excluding hydrogens is 221 g/mol. The molecule has 6 heteroatoms. The highest BCUT2D eigenvalue weighted by Crippen LogP contribution is 2.28. The molecule has 88 valence electrons. The molecule has 0 bridgehead atoms. The molecule has 0 amide bonds. The standard InChI is InChI=1S/C10H11F3N2O/c11-10(12,13)9-3-1-2-7(15-9)8-6-14-4-5-16-8/h1-3,8,14H,4-6H2/t8-/m0/s1. The summed E-state index contributed by atoms with van der Waals surface area (Å²) >= 11 is 0. The van der Waals surface area contributed by atoms with Gasteiger partial charge in [0.1, 0.15) is 11.8 Å². The molecule has 0 radical (unpaired) electrons. The maximum Gasteiger partial charge on any atom is 0.433 e. The molecule has 3 nitrogen and oxygen atoms in total. The van der Waals surface area contributed by atoms with Gasteiger partial charge in [0, 0.05) is 13.1 Å². The minimum atomic E-state index is -4.40. The third-order valence-electron chi connectivity index (χ3n) is 2.32. The van der Waals surface area contributed by atoms with Crippen molar-refractivity contribution in [1.29, 1.82) is 0 Å². The number of ether oxygens (including phenoxy) is 1. The Morgan fingerprint density at radius 1 is 1.38 bits per heavy atom. The van der Waals surface area contributed by atoms with Crippen LogP contribution in [0.25, 0.3) is 0 Å². The Labute approximate surface area is 90.6 Å². The number of aromatic nitrogens is 1. The summed E-state index contributed by atoms with van der Waals surface area (Å²) in [6.07, 6.45) is -4.80. The Morgan fingerprint density at radius 3 is 2.81 bits per heavy atom. The summed E-state index contributed by atoms with van der Waals surface area (Å²) in [5.74, 6) is 0. The largest absolute Gasteiger partial charge is 0.433 e. The number of nitrogens with one attached hydrogen (secondary N) is 1. The fourth-order valence-corrected chi connectivity index (χ4v) is 1.54. The van der Waals surface area contributed by atoms with E-state index in [1.807, 2.05) is 0 Å². The van der Waals surface area contributed by atoms with Crippen LogP contribution in [0.2, 0.25) is 0 Å². The lowest BCUT2D eigenvalue weighted by Crippen LogP contribution is -2.34. The van der Waals surface area contributed by atoms with Crippen molar-refractivity contribution in [2.45, 2.75) is 12.3 Å². The van der Waals surface area contributed by atoms with Crippen LogP contribution in [0.1, 0.15) is 17.5 Å². The van der Waals surface area contributed by atoms with Gasteiger partial charge in [0.15, 0.2) is 0 Å². The van der Waals surface area contributed by atoms with Crippen LogP contribution < -0.4 is 5.32 Å². The van der Waals surface area contributed by atoms with Crippen molar-refractivity contribution in [1.82, 2.24) is 10.3 Å². The molecule has 0 unspecified atom stereocenters. The predicted molar refractivity (Wildman–Crippen MR) is 50.8 cm³/mol. The van der Waals surface area contributed by atoms with Crippen molar-refractivity contribution in [3.8, 4) is 0 Å². The normalized spacial score (nSPS) is 22.1. The first-order valence-electron chi connectivity index (χ1n) is 4.94. The van der Waals surface area contributed by atoms with Crippen molar-refractivity contribution < 1.29 is 17.9 Å². The van der Waals surface area contributed by atoms with E-state index in [1.165, 1.54) is 6.07 Å². The number of halogens is 3. The van der Waals surface area contributed by atoms with Gasteiger partial charge in [0.05, 0.1) is 12.3 Å². The summed E-state index contributed by atoms with van der Waals surface area (Å²) in [7, 11) is 0. The van der Waals surface area contributed by atoms with Crippen molar-refractivity contribution in [2.75, 3.05) is 19.7 Å². The van der Waals surface area contributed by atoms with E-state index in [4.69, 9.17) is 4.74 Å². The van der Waals surface area contributed by atoms with Gasteiger partial charge in [0.25, 0.3) is 0 Å². The van der Waals surface area contributed by atoms with Gasteiger partial charge in [-0.05, 0) is 12.1 Å². The van der Waals surface area contributed by atoms with Gasteiger partial charge < -0.3 is 10.1 Å². The maximum absolute atomic E-state index is 12.4. The molecule has 2 rings (SSSR count). The fraction of sp³-hybridized carbons (Fsp3) is 0.500. The first kappa shape index (κ1) is 11.3. The van der Waals surface area contributed by atoms with Crippen molar-refractivity contribution in [3.63, 3.8) is 0 Å². The monoisotopic (exact) mass is 232 g/mol. The van der Waals surface area contributed by atoms with Crippen LogP contribution in [0.15, 0.2) is 18.2 Å². The lowest BCUT2D eigenvalue weighted by molar-refractivity contribution is -0.141. The summed E-state index contributed by atoms with van der Waals surface area (Å²) in [5.41, 5.74) is -0.554. The molecule has 1 aromatic rings. The lowest BCUT2D eigenvalue weighted by atomic mass is 10.2. The quantitative estimate of drug-likeness (QED) is 0.801. The number of alkyl halides is 3. The van der Waals surface area contributed by atoms with Crippen LogP contribution in [0.5, 0.6) is 0 Å². The van der Waals surface area contributed by atoms with Crippen LogP contribution in [0, 0.1) is 0 Å². The van der Waals surface area contributed by atoms with E-state index < -0.39 is 18.0 Å². The summed E-state index contributed by atoms with van der Waals surface area (Å²) in [6.45, 7) is 1.70. The Kier molecular flexibility index (Phi) is 3.11. The summed E-state index contributed by atoms with van der Waals surface area (Å²) in [6, 6.07) is 3.86. The number of hydrogen-bond acceptors (Lipinski definition) is 3. The van der Waals surface area contributed by atoms with E-state index in [0.29, 0.717) is 18.8 Å². The molecule has 1 saturated heterocycles. The average Bonchev–Trinajstić information content (AvgIpc) is 2.29. The first-order valence-corrected chi connectivity index (χ1v) is 4.94. The van der Waals surface area contributed by atoms with Crippen LogP contribution >= 0.6 is 0 Å². The zero-order chi connectivity index (χ0) is 11.6. The smallest absolute Gasteiger partial charge is 0.369 e. The van der Waals surface area contributed by atoms with Gasteiger partial charge in [-0.25, -0.2) is 4.98 Å². The highest BCUT2D eigenvalue weighted by atomic mass is 19.4. The summed E-state index contributed by atoms with van der Waals surface area (Å²) in [4.78, 5) is 3.58. The third kappa shape index (κ3) is 2.51. The van der Waals surface area contributed by atoms with Crippen LogP contribution in [0.3, 0.4) is 0 Å². The van der Waals surface area contributed by atoms with Crippen molar-refractivity contribution in [2.24, 2.45) is 0 Å². The molecular formula is C10H11F3N2O. The second-order valence-corrected chi connectivity index (χ2v) is 3.51. The lowest BCUT2D eigenvalue weighted by Gasteiger charge is -2.23. The molecule has 0 aliphatic carbocycles. The molecule has 1 aliphatic rings. The molecule has 16 heavy (non-hydrogen) atoms. The SMILES string of the molecule is FC(F)(F)c1cccc([C@@H]2CNCCO2)n1. The molecule has 1 fully saturated rings. The molecule has 1 N–H and O–H groups in total. The molecule has 0 aromatic carbocycles. The minimum absolute atomic E-state index is 0.321. The van der Waals surface area contributed by atoms with Crippen molar-refractivity contribution >= 4 is 0 Å². The number of nitrogens with zero attached hydrogens (tertiary/aromatic N) is 1.